The van der Waals surface area contributed by atoms with Crippen molar-refractivity contribution in [2.75, 3.05) is 17.7 Å². The number of methoxy groups -OCH3 is 1. The van der Waals surface area contributed by atoms with Crippen molar-refractivity contribution < 1.29 is 9.66 Å². The van der Waals surface area contributed by atoms with Crippen LogP contribution in [-0.4, -0.2) is 12.0 Å². The third-order valence-electron chi connectivity index (χ3n) is 3.62. The Balaban J connectivity index is 1.81. The second kappa shape index (κ2) is 6.44. The molecule has 8 heteroatoms. The lowest BCUT2D eigenvalue weighted by molar-refractivity contribution is -0.384. The van der Waals surface area contributed by atoms with Gasteiger partial charge in [-0.1, -0.05) is 0 Å². The van der Waals surface area contributed by atoms with Crippen LogP contribution in [0.2, 0.25) is 0 Å². The number of anilines is 4. The maximum absolute atomic E-state index is 11.8. The van der Waals surface area contributed by atoms with Crippen LogP contribution in [-0.2, 0) is 0 Å². The average molecular weight is 339 g/mol. The number of nitrogens with one attached hydrogen (secondary N) is 2. The van der Waals surface area contributed by atoms with Crippen molar-refractivity contribution in [3.63, 3.8) is 0 Å². The molecule has 3 aromatic carbocycles. The van der Waals surface area contributed by atoms with E-state index in [0.717, 1.165) is 0 Å². The van der Waals surface area contributed by atoms with Crippen LogP contribution in [0.3, 0.4) is 0 Å². The van der Waals surface area contributed by atoms with Crippen LogP contribution in [0, 0.1) is 10.1 Å². The van der Waals surface area contributed by atoms with Crippen LogP contribution in [0.5, 0.6) is 5.75 Å². The quantitative estimate of drug-likeness (QED) is 0.403. The van der Waals surface area contributed by atoms with Crippen molar-refractivity contribution in [3.05, 3.63) is 79.1 Å². The Morgan fingerprint density at radius 2 is 1.28 bits per heavy atom. The van der Waals surface area contributed by atoms with Crippen LogP contribution in [0.25, 0.3) is 0 Å². The van der Waals surface area contributed by atoms with Crippen LogP contribution < -0.4 is 26.2 Å². The van der Waals surface area contributed by atoms with Gasteiger partial charge < -0.3 is 15.4 Å². The van der Waals surface area contributed by atoms with Gasteiger partial charge in [0.25, 0.3) is 16.5 Å². The minimum atomic E-state index is -0.644. The maximum atomic E-state index is 11.8. The van der Waals surface area contributed by atoms with Crippen molar-refractivity contribution in [3.8, 4) is 5.75 Å². The number of rotatable bonds is 6. The van der Waals surface area contributed by atoms with E-state index in [4.69, 9.17) is 4.74 Å². The molecule has 0 bridgehead atoms. The summed E-state index contributed by atoms with van der Waals surface area (Å²) in [5.41, 5.74) is 0.0278. The number of hydrogen-bond donors (Lipinski definition) is 2. The van der Waals surface area contributed by atoms with Gasteiger partial charge in [-0.2, -0.15) is 0 Å². The maximum Gasteiger partial charge on any atom is 0.269 e. The van der Waals surface area contributed by atoms with E-state index >= 15 is 0 Å². The van der Waals surface area contributed by atoms with Gasteiger partial charge in [0.2, 0.25) is 0 Å². The molecule has 3 rings (SSSR count). The number of benzene rings is 2. The van der Waals surface area contributed by atoms with Crippen molar-refractivity contribution >= 4 is 28.4 Å². The highest BCUT2D eigenvalue weighted by molar-refractivity contribution is 5.82. The zero-order chi connectivity index (χ0) is 18.0. The highest BCUT2D eigenvalue weighted by Crippen LogP contribution is 2.26. The molecule has 8 nitrogen and oxygen atoms in total. The molecular weight excluding hydrogens is 326 g/mol. The lowest BCUT2D eigenvalue weighted by Crippen LogP contribution is -2.35. The van der Waals surface area contributed by atoms with E-state index in [9.17, 15) is 19.7 Å². The zero-order valence-corrected chi connectivity index (χ0v) is 13.1. The molecule has 0 aliphatic heterocycles. The van der Waals surface area contributed by atoms with E-state index in [0.29, 0.717) is 17.1 Å². The molecule has 0 aliphatic carbocycles. The van der Waals surface area contributed by atoms with Crippen LogP contribution in [0.1, 0.15) is 0 Å². The molecule has 0 saturated heterocycles. The molecule has 0 aliphatic rings. The predicted molar refractivity (Wildman–Crippen MR) is 94.0 cm³/mol. The SMILES string of the molecule is COc1ccc(Nc2c(Nc3ccc([N+](=O)[O-])cc3)c(=O)c2=O)cc1. The molecule has 2 N–H and O–H groups in total. The monoisotopic (exact) mass is 339 g/mol. The molecule has 0 amide bonds. The molecule has 0 atom stereocenters. The van der Waals surface area contributed by atoms with Gasteiger partial charge in [0.1, 0.15) is 17.1 Å². The van der Waals surface area contributed by atoms with Crippen molar-refractivity contribution in [2.45, 2.75) is 0 Å². The Morgan fingerprint density at radius 1 is 0.840 bits per heavy atom. The minimum Gasteiger partial charge on any atom is -0.497 e. The van der Waals surface area contributed by atoms with E-state index < -0.39 is 15.8 Å². The van der Waals surface area contributed by atoms with Crippen LogP contribution >= 0.6 is 0 Å². The molecule has 0 fully saturated rings. The van der Waals surface area contributed by atoms with Gasteiger partial charge in [-0.25, -0.2) is 0 Å². The average Bonchev–Trinajstić information content (AvgIpc) is 2.65. The molecule has 0 saturated carbocycles. The highest BCUT2D eigenvalue weighted by Gasteiger charge is 2.21. The first-order chi connectivity index (χ1) is 12.0. The van der Waals surface area contributed by atoms with Gasteiger partial charge in [0.15, 0.2) is 0 Å². The fraction of sp³-hybridized carbons (Fsp3) is 0.0588. The summed E-state index contributed by atoms with van der Waals surface area (Å²) in [6, 6.07) is 12.4. The lowest BCUT2D eigenvalue weighted by atomic mass is 10.1. The van der Waals surface area contributed by atoms with Crippen molar-refractivity contribution in [2.24, 2.45) is 0 Å². The van der Waals surface area contributed by atoms with E-state index in [1.165, 1.54) is 24.3 Å². The third kappa shape index (κ3) is 3.18. The van der Waals surface area contributed by atoms with Crippen molar-refractivity contribution in [1.82, 2.24) is 0 Å². The second-order valence-corrected chi connectivity index (χ2v) is 5.19. The molecule has 0 spiro atoms. The first kappa shape index (κ1) is 16.2. The molecule has 0 aromatic heterocycles. The lowest BCUT2D eigenvalue weighted by Gasteiger charge is -2.15. The number of nitro groups is 1. The Morgan fingerprint density at radius 3 is 1.68 bits per heavy atom. The van der Waals surface area contributed by atoms with Gasteiger partial charge >= 0.3 is 0 Å². The summed E-state index contributed by atoms with van der Waals surface area (Å²) < 4.78 is 5.06. The summed E-state index contributed by atoms with van der Waals surface area (Å²) in [6.45, 7) is 0. The standard InChI is InChI=1S/C17H13N3O5/c1-25-13-8-4-11(5-9-13)19-15-14(16(21)17(15)22)18-10-2-6-12(7-3-10)20(23)24/h2-9,18-19H,1H3. The number of ether oxygens (including phenoxy) is 1. The molecule has 0 heterocycles. The van der Waals surface area contributed by atoms with Gasteiger partial charge in [-0.3, -0.25) is 19.7 Å². The first-order valence-corrected chi connectivity index (χ1v) is 7.25. The Labute approximate surface area is 141 Å². The van der Waals surface area contributed by atoms with E-state index in [1.54, 1.807) is 31.4 Å². The summed E-state index contributed by atoms with van der Waals surface area (Å²) in [4.78, 5) is 33.8. The van der Waals surface area contributed by atoms with Gasteiger partial charge in [-0.15, -0.1) is 0 Å². The Hall–Kier alpha value is -3.68. The van der Waals surface area contributed by atoms with E-state index in [-0.39, 0.29) is 17.1 Å². The fourth-order valence-electron chi connectivity index (χ4n) is 2.26. The smallest absolute Gasteiger partial charge is 0.269 e. The summed E-state index contributed by atoms with van der Waals surface area (Å²) >= 11 is 0. The largest absolute Gasteiger partial charge is 0.497 e. The third-order valence-corrected chi connectivity index (χ3v) is 3.62. The first-order valence-electron chi connectivity index (χ1n) is 7.25. The number of nitro benzene ring substituents is 1. The highest BCUT2D eigenvalue weighted by atomic mass is 16.6. The van der Waals surface area contributed by atoms with Crippen LogP contribution in [0.15, 0.2) is 58.1 Å². The second-order valence-electron chi connectivity index (χ2n) is 5.19. The summed E-state index contributed by atoms with van der Waals surface area (Å²) in [5.74, 6) is 0.666. The van der Waals surface area contributed by atoms with E-state index in [2.05, 4.69) is 10.6 Å². The van der Waals surface area contributed by atoms with Crippen LogP contribution in [0.4, 0.5) is 28.4 Å². The summed E-state index contributed by atoms with van der Waals surface area (Å²) in [7, 11) is 1.55. The van der Waals surface area contributed by atoms with Crippen molar-refractivity contribution in [1.29, 1.82) is 0 Å². The summed E-state index contributed by atoms with van der Waals surface area (Å²) in [5, 5.41) is 16.4. The molecule has 0 unspecified atom stereocenters. The zero-order valence-electron chi connectivity index (χ0n) is 13.1. The predicted octanol–water partition coefficient (Wildman–Crippen LogP) is 2.69. The van der Waals surface area contributed by atoms with Gasteiger partial charge in [0.05, 0.1) is 12.0 Å². The molecule has 126 valence electrons. The minimum absolute atomic E-state index is 0.0628. The Bertz CT molecular complexity index is 987. The Kier molecular flexibility index (Phi) is 4.17. The topological polar surface area (TPSA) is 111 Å². The number of hydrogen-bond acceptors (Lipinski definition) is 7. The van der Waals surface area contributed by atoms with E-state index in [1.807, 2.05) is 0 Å². The molecular formula is C17H13N3O5. The number of non-ortho nitro benzene ring substituents is 1. The molecule has 25 heavy (non-hydrogen) atoms. The molecule has 0 radical (unpaired) electrons. The number of nitrogens with zero attached hydrogens (tertiary/aromatic N) is 1. The van der Waals surface area contributed by atoms with Gasteiger partial charge in [0, 0.05) is 23.5 Å². The normalized spacial score (nSPS) is 10.4. The summed E-state index contributed by atoms with van der Waals surface area (Å²) in [6.07, 6.45) is 0. The fourth-order valence-corrected chi connectivity index (χ4v) is 2.26. The molecule has 3 aromatic rings. The van der Waals surface area contributed by atoms with Gasteiger partial charge in [-0.05, 0) is 36.4 Å².